The Morgan fingerprint density at radius 1 is 1.31 bits per heavy atom. The summed E-state index contributed by atoms with van der Waals surface area (Å²) in [6.07, 6.45) is 1.03. The van der Waals surface area contributed by atoms with Crippen LogP contribution in [0.3, 0.4) is 0 Å². The van der Waals surface area contributed by atoms with Crippen molar-refractivity contribution in [3.8, 4) is 5.75 Å². The molecule has 0 radical (unpaired) electrons. The number of rotatable bonds is 1. The van der Waals surface area contributed by atoms with Crippen molar-refractivity contribution in [3.63, 3.8) is 0 Å². The van der Waals surface area contributed by atoms with Crippen LogP contribution in [0.5, 0.6) is 5.75 Å². The first-order valence-corrected chi connectivity index (χ1v) is 4.67. The summed E-state index contributed by atoms with van der Waals surface area (Å²) in [4.78, 5) is 26.3. The topological polar surface area (TPSA) is 68.1 Å². The summed E-state index contributed by atoms with van der Waals surface area (Å²) >= 11 is 11.1. The van der Waals surface area contributed by atoms with Crippen LogP contribution in [0.1, 0.15) is 0 Å². The monoisotopic (exact) mass is 258 g/mol. The molecule has 0 saturated heterocycles. The normalized spacial score (nSPS) is 10.5. The van der Waals surface area contributed by atoms with Crippen LogP contribution in [-0.2, 0) is 4.79 Å². The number of carbonyl (C=O) groups excluding carboxylic acids is 2. The average molecular weight is 259 g/mol. The minimum Gasteiger partial charge on any atom is -0.430 e. The smallest absolute Gasteiger partial charge is 0.381 e. The number of carbonyl (C=O) groups is 1. The fourth-order valence-corrected chi connectivity index (χ4v) is 1.05. The maximum Gasteiger partial charge on any atom is 0.381 e. The largest absolute Gasteiger partial charge is 0.430 e. The molecule has 7 heteroatoms. The third-order valence-electron chi connectivity index (χ3n) is 1.34. The van der Waals surface area contributed by atoms with Crippen LogP contribution in [0.15, 0.2) is 34.3 Å². The van der Waals surface area contributed by atoms with Gasteiger partial charge in [0.25, 0.3) is 5.36 Å². The molecular weight excluding hydrogens is 255 g/mol. The summed E-state index contributed by atoms with van der Waals surface area (Å²) in [5.74, 6) is 0.348. The SMILES string of the molecule is O=C=NC(=O)N=C(Cl)Oc1ccc(Cl)cc1. The molecule has 0 spiro atoms. The van der Waals surface area contributed by atoms with Gasteiger partial charge in [-0.05, 0) is 35.9 Å². The maximum atomic E-state index is 10.7. The van der Waals surface area contributed by atoms with Gasteiger partial charge in [0.15, 0.2) is 0 Å². The van der Waals surface area contributed by atoms with Gasteiger partial charge in [-0.2, -0.15) is 0 Å². The summed E-state index contributed by atoms with van der Waals surface area (Å²) in [6.45, 7) is 0. The fourth-order valence-electron chi connectivity index (χ4n) is 0.762. The van der Waals surface area contributed by atoms with Gasteiger partial charge in [0.05, 0.1) is 0 Å². The van der Waals surface area contributed by atoms with Crippen molar-refractivity contribution in [2.45, 2.75) is 0 Å². The zero-order valence-corrected chi connectivity index (χ0v) is 9.20. The molecule has 5 nitrogen and oxygen atoms in total. The highest BCUT2D eigenvalue weighted by atomic mass is 35.5. The number of nitrogens with zero attached hydrogens (tertiary/aromatic N) is 2. The number of isocyanates is 1. The molecule has 0 atom stereocenters. The lowest BCUT2D eigenvalue weighted by Gasteiger charge is -2.01. The molecule has 0 N–H and O–H groups in total. The Labute approximate surface area is 100 Å². The van der Waals surface area contributed by atoms with Crippen LogP contribution in [-0.4, -0.2) is 17.5 Å². The predicted molar refractivity (Wildman–Crippen MR) is 58.9 cm³/mol. The highest BCUT2D eigenvalue weighted by molar-refractivity contribution is 6.63. The second-order valence-corrected chi connectivity index (χ2v) is 3.17. The van der Waals surface area contributed by atoms with E-state index in [1.165, 1.54) is 12.1 Å². The molecule has 1 rings (SSSR count). The Bertz CT molecular complexity index is 464. The minimum absolute atomic E-state index is 0.348. The standard InChI is InChI=1S/C9H4Cl2N2O3/c10-6-1-3-7(4-2-6)16-8(11)13-9(15)12-5-14/h1-4H. The van der Waals surface area contributed by atoms with Gasteiger partial charge >= 0.3 is 6.03 Å². The van der Waals surface area contributed by atoms with Crippen LogP contribution < -0.4 is 4.74 Å². The van der Waals surface area contributed by atoms with E-state index in [2.05, 4.69) is 9.98 Å². The van der Waals surface area contributed by atoms with Crippen LogP contribution in [0.4, 0.5) is 4.79 Å². The van der Waals surface area contributed by atoms with Gasteiger partial charge in [-0.15, -0.1) is 9.98 Å². The van der Waals surface area contributed by atoms with E-state index in [1.54, 1.807) is 12.1 Å². The Kier molecular flexibility index (Phi) is 4.66. The predicted octanol–water partition coefficient (Wildman–Crippen LogP) is 2.77. The third kappa shape index (κ3) is 4.23. The zero-order chi connectivity index (χ0) is 12.0. The molecule has 0 fully saturated rings. The number of urea groups is 1. The highest BCUT2D eigenvalue weighted by Gasteiger charge is 2.02. The van der Waals surface area contributed by atoms with Crippen molar-refractivity contribution in [2.24, 2.45) is 9.98 Å². The number of benzene rings is 1. The number of amides is 2. The Morgan fingerprint density at radius 3 is 2.50 bits per heavy atom. The number of ether oxygens (including phenoxy) is 1. The lowest BCUT2D eigenvalue weighted by Crippen LogP contribution is -2.02. The van der Waals surface area contributed by atoms with Crippen molar-refractivity contribution in [1.82, 2.24) is 0 Å². The van der Waals surface area contributed by atoms with E-state index in [4.69, 9.17) is 27.9 Å². The van der Waals surface area contributed by atoms with E-state index in [9.17, 15) is 9.59 Å². The second kappa shape index (κ2) is 6.02. The number of halogens is 2. The van der Waals surface area contributed by atoms with Gasteiger partial charge < -0.3 is 4.74 Å². The Balaban J connectivity index is 2.70. The van der Waals surface area contributed by atoms with E-state index < -0.39 is 11.4 Å². The quantitative estimate of drug-likeness (QED) is 0.442. The van der Waals surface area contributed by atoms with E-state index in [1.807, 2.05) is 0 Å². The molecule has 16 heavy (non-hydrogen) atoms. The lowest BCUT2D eigenvalue weighted by molar-refractivity contribution is 0.256. The first-order valence-electron chi connectivity index (χ1n) is 3.91. The van der Waals surface area contributed by atoms with E-state index in [-0.39, 0.29) is 0 Å². The molecule has 1 aromatic carbocycles. The van der Waals surface area contributed by atoms with Crippen molar-refractivity contribution in [1.29, 1.82) is 0 Å². The summed E-state index contributed by atoms with van der Waals surface area (Å²) in [6, 6.07) is 5.13. The van der Waals surface area contributed by atoms with Gasteiger partial charge in [0, 0.05) is 5.02 Å². The molecule has 82 valence electrons. The van der Waals surface area contributed by atoms with E-state index >= 15 is 0 Å². The molecule has 0 aromatic heterocycles. The van der Waals surface area contributed by atoms with Gasteiger partial charge in [-0.25, -0.2) is 9.59 Å². The molecule has 0 aliphatic rings. The Hall–Kier alpha value is -1.68. The van der Waals surface area contributed by atoms with Crippen LogP contribution in [0, 0.1) is 0 Å². The average Bonchev–Trinajstić information content (AvgIpc) is 2.21. The molecule has 0 unspecified atom stereocenters. The Morgan fingerprint density at radius 2 is 1.94 bits per heavy atom. The van der Waals surface area contributed by atoms with Gasteiger partial charge in [-0.1, -0.05) is 11.6 Å². The summed E-state index contributed by atoms with van der Waals surface area (Å²) in [5.41, 5.74) is 0. The summed E-state index contributed by atoms with van der Waals surface area (Å²) < 4.78 is 4.93. The van der Waals surface area contributed by atoms with E-state index in [0.717, 1.165) is 6.08 Å². The second-order valence-electron chi connectivity index (χ2n) is 2.41. The van der Waals surface area contributed by atoms with Gasteiger partial charge in [-0.3, -0.25) is 0 Å². The first-order chi connectivity index (χ1) is 7.61. The molecule has 0 heterocycles. The third-order valence-corrected chi connectivity index (χ3v) is 1.75. The maximum absolute atomic E-state index is 10.7. The first kappa shape index (κ1) is 12.4. The summed E-state index contributed by atoms with van der Waals surface area (Å²) in [5, 5.41) is 0.0772. The number of aliphatic imine (C=N–C) groups is 2. The zero-order valence-electron chi connectivity index (χ0n) is 7.68. The van der Waals surface area contributed by atoms with Crippen molar-refractivity contribution >= 4 is 40.7 Å². The fraction of sp³-hybridized carbons (Fsp3) is 0. The molecule has 0 aliphatic heterocycles. The molecule has 2 amide bonds. The van der Waals surface area contributed by atoms with Crippen molar-refractivity contribution in [3.05, 3.63) is 29.3 Å². The van der Waals surface area contributed by atoms with Crippen LogP contribution in [0.25, 0.3) is 0 Å². The minimum atomic E-state index is -1.09. The van der Waals surface area contributed by atoms with Gasteiger partial charge in [0.1, 0.15) is 5.75 Å². The van der Waals surface area contributed by atoms with Crippen LogP contribution in [0.2, 0.25) is 5.02 Å². The van der Waals surface area contributed by atoms with Crippen molar-refractivity contribution in [2.75, 3.05) is 0 Å². The molecule has 0 saturated carbocycles. The molecule has 0 aliphatic carbocycles. The van der Waals surface area contributed by atoms with Crippen molar-refractivity contribution < 1.29 is 14.3 Å². The lowest BCUT2D eigenvalue weighted by atomic mass is 10.3. The van der Waals surface area contributed by atoms with Crippen LogP contribution >= 0.6 is 23.2 Å². The van der Waals surface area contributed by atoms with E-state index in [0.29, 0.717) is 10.8 Å². The number of hydrogen-bond acceptors (Lipinski definition) is 3. The summed E-state index contributed by atoms with van der Waals surface area (Å²) in [7, 11) is 0. The molecule has 0 bridgehead atoms. The molecular formula is C9H4Cl2N2O3. The molecule has 1 aromatic rings. The number of hydrogen-bond donors (Lipinski definition) is 0. The van der Waals surface area contributed by atoms with Gasteiger partial charge in [0.2, 0.25) is 6.08 Å². The highest BCUT2D eigenvalue weighted by Crippen LogP contribution is 2.16.